The molecule has 0 radical (unpaired) electrons. The van der Waals surface area contributed by atoms with Gasteiger partial charge < -0.3 is 14.9 Å². The predicted octanol–water partition coefficient (Wildman–Crippen LogP) is 3.48. The number of amides is 1. The van der Waals surface area contributed by atoms with Crippen molar-refractivity contribution < 1.29 is 9.90 Å². The molecule has 0 unspecified atom stereocenters. The molecule has 1 fully saturated rings. The average molecular weight is 316 g/mol. The third-order valence-corrected chi connectivity index (χ3v) is 6.21. The van der Waals surface area contributed by atoms with Crippen LogP contribution in [0.1, 0.15) is 29.9 Å². The second kappa shape index (κ2) is 5.23. The molecule has 116 valence electrons. The van der Waals surface area contributed by atoms with E-state index in [9.17, 15) is 9.90 Å². The van der Waals surface area contributed by atoms with Gasteiger partial charge in [0.2, 0.25) is 0 Å². The van der Waals surface area contributed by atoms with Crippen molar-refractivity contribution in [3.05, 3.63) is 29.8 Å². The minimum atomic E-state index is -0.792. The highest BCUT2D eigenvalue weighted by Crippen LogP contribution is 2.50. The molecule has 5 heteroatoms. The predicted molar refractivity (Wildman–Crippen MR) is 90.0 cm³/mol. The molecule has 3 aliphatic heterocycles. The molecule has 0 aliphatic carbocycles. The number of fused-ring (bicyclic) bond motifs is 3. The van der Waals surface area contributed by atoms with E-state index < -0.39 is 6.09 Å². The van der Waals surface area contributed by atoms with E-state index in [0.29, 0.717) is 25.0 Å². The van der Waals surface area contributed by atoms with Gasteiger partial charge in [-0.15, -0.1) is 11.8 Å². The van der Waals surface area contributed by atoms with Gasteiger partial charge in [0.1, 0.15) is 0 Å². The lowest BCUT2D eigenvalue weighted by Crippen LogP contribution is -2.48. The van der Waals surface area contributed by atoms with Crippen LogP contribution in [0, 0.1) is 0 Å². The number of thioether (sulfide) groups is 1. The van der Waals surface area contributed by atoms with Crippen LogP contribution in [0.15, 0.2) is 23.6 Å². The summed E-state index contributed by atoms with van der Waals surface area (Å²) in [4.78, 5) is 16.8. The van der Waals surface area contributed by atoms with Crippen LogP contribution in [-0.4, -0.2) is 47.5 Å². The van der Waals surface area contributed by atoms with Gasteiger partial charge in [0.25, 0.3) is 0 Å². The van der Waals surface area contributed by atoms with E-state index in [1.807, 2.05) is 17.8 Å². The molecule has 0 spiro atoms. The molecule has 22 heavy (non-hydrogen) atoms. The summed E-state index contributed by atoms with van der Waals surface area (Å²) >= 11 is 1.93. The van der Waals surface area contributed by atoms with Crippen LogP contribution >= 0.6 is 11.8 Å². The quantitative estimate of drug-likeness (QED) is 0.861. The lowest BCUT2D eigenvalue weighted by atomic mass is 9.88. The molecule has 4 rings (SSSR count). The number of nitrogens with zero attached hydrogens (tertiary/aromatic N) is 2. The smallest absolute Gasteiger partial charge is 0.407 e. The molecule has 4 nitrogen and oxygen atoms in total. The van der Waals surface area contributed by atoms with Crippen molar-refractivity contribution in [3.63, 3.8) is 0 Å². The normalized spacial score (nSPS) is 26.2. The van der Waals surface area contributed by atoms with E-state index in [1.165, 1.54) is 22.6 Å². The average Bonchev–Trinajstić information content (AvgIpc) is 2.69. The second-order valence-corrected chi connectivity index (χ2v) is 7.38. The first kappa shape index (κ1) is 14.0. The van der Waals surface area contributed by atoms with Gasteiger partial charge in [-0.3, -0.25) is 0 Å². The highest BCUT2D eigenvalue weighted by molar-refractivity contribution is 7.99. The Morgan fingerprint density at radius 1 is 1.41 bits per heavy atom. The van der Waals surface area contributed by atoms with Crippen molar-refractivity contribution in [3.8, 4) is 0 Å². The molecular formula is C17H20N2O2S. The van der Waals surface area contributed by atoms with Crippen LogP contribution in [0.2, 0.25) is 0 Å². The maximum absolute atomic E-state index is 11.4. The number of carbonyl (C=O) groups is 1. The molecule has 3 heterocycles. The number of carboxylic acid groups (broad SMARTS) is 1. The highest BCUT2D eigenvalue weighted by atomic mass is 32.2. The molecule has 2 atom stereocenters. The van der Waals surface area contributed by atoms with Crippen LogP contribution in [0.25, 0.3) is 6.08 Å². The van der Waals surface area contributed by atoms with Gasteiger partial charge in [-0.2, -0.15) is 0 Å². The summed E-state index contributed by atoms with van der Waals surface area (Å²) in [6.07, 6.45) is 3.23. The maximum atomic E-state index is 11.4. The van der Waals surface area contributed by atoms with Crippen LogP contribution in [-0.2, 0) is 0 Å². The Balaban J connectivity index is 1.82. The Morgan fingerprint density at radius 2 is 2.27 bits per heavy atom. The number of rotatable bonds is 1. The third kappa shape index (κ3) is 2.02. The fourth-order valence-corrected chi connectivity index (χ4v) is 5.21. The van der Waals surface area contributed by atoms with E-state index in [0.717, 1.165) is 24.3 Å². The van der Waals surface area contributed by atoms with Gasteiger partial charge >= 0.3 is 6.09 Å². The monoisotopic (exact) mass is 316 g/mol. The number of benzene rings is 1. The molecule has 1 N–H and O–H groups in total. The molecule has 0 bridgehead atoms. The summed E-state index contributed by atoms with van der Waals surface area (Å²) in [7, 11) is 0. The first-order valence-corrected chi connectivity index (χ1v) is 8.85. The van der Waals surface area contributed by atoms with E-state index in [-0.39, 0.29) is 0 Å². The highest BCUT2D eigenvalue weighted by Gasteiger charge is 2.44. The van der Waals surface area contributed by atoms with Gasteiger partial charge in [0.15, 0.2) is 0 Å². The van der Waals surface area contributed by atoms with Crippen LogP contribution in [0.4, 0.5) is 10.5 Å². The van der Waals surface area contributed by atoms with Crippen LogP contribution in [0.5, 0.6) is 0 Å². The molecule has 1 aromatic rings. The van der Waals surface area contributed by atoms with E-state index in [4.69, 9.17) is 0 Å². The molecule has 0 saturated carbocycles. The fourth-order valence-electron chi connectivity index (χ4n) is 4.12. The number of likely N-dealkylation sites (tertiary alicyclic amines) is 1. The number of piperidine rings is 1. The minimum absolute atomic E-state index is 0.303. The van der Waals surface area contributed by atoms with E-state index in [2.05, 4.69) is 23.6 Å². The molecule has 3 aliphatic rings. The van der Waals surface area contributed by atoms with Crippen LogP contribution < -0.4 is 4.90 Å². The first-order valence-electron chi connectivity index (χ1n) is 7.86. The lowest BCUT2D eigenvalue weighted by Gasteiger charge is -2.37. The summed E-state index contributed by atoms with van der Waals surface area (Å²) in [6, 6.07) is 4.92. The summed E-state index contributed by atoms with van der Waals surface area (Å²) in [5, 5.41) is 9.33. The maximum Gasteiger partial charge on any atom is 0.407 e. The van der Waals surface area contributed by atoms with Gasteiger partial charge in [-0.05, 0) is 41.9 Å². The van der Waals surface area contributed by atoms with Crippen LogP contribution in [0.3, 0.4) is 0 Å². The summed E-state index contributed by atoms with van der Waals surface area (Å²) < 4.78 is 0. The van der Waals surface area contributed by atoms with Gasteiger partial charge in [-0.1, -0.05) is 12.7 Å². The molecular weight excluding hydrogens is 296 g/mol. The molecule has 1 saturated heterocycles. The largest absolute Gasteiger partial charge is 0.465 e. The topological polar surface area (TPSA) is 43.8 Å². The van der Waals surface area contributed by atoms with E-state index in [1.54, 1.807) is 4.90 Å². The minimum Gasteiger partial charge on any atom is -0.465 e. The zero-order valence-electron chi connectivity index (χ0n) is 12.5. The number of anilines is 1. The standard InChI is InChI=1S/C17H20N2O2S/c1-2-11-8-12-13-10-18(17(20)21)6-4-14(13)19-5-3-7-22-15(9-11)16(12)19/h2,8-9,13-14H,1,3-7,10H2,(H,20,21)/t13-,14-/m0/s1. The summed E-state index contributed by atoms with van der Waals surface area (Å²) in [5.74, 6) is 1.46. The molecule has 0 aromatic heterocycles. The van der Waals surface area contributed by atoms with Crippen molar-refractivity contribution in [2.75, 3.05) is 30.3 Å². The Kier molecular flexibility index (Phi) is 3.33. The van der Waals surface area contributed by atoms with Crippen molar-refractivity contribution >= 4 is 29.6 Å². The first-order chi connectivity index (χ1) is 10.7. The van der Waals surface area contributed by atoms with Crippen molar-refractivity contribution in [2.24, 2.45) is 0 Å². The lowest BCUT2D eigenvalue weighted by molar-refractivity contribution is 0.127. The van der Waals surface area contributed by atoms with Crippen molar-refractivity contribution in [1.29, 1.82) is 0 Å². The van der Waals surface area contributed by atoms with Gasteiger partial charge in [-0.25, -0.2) is 4.79 Å². The third-order valence-electron chi connectivity index (χ3n) is 5.10. The SMILES string of the molecule is C=Cc1cc2c3c(c1)[C@@H]1CN(C(=O)O)CC[C@@H]1N3CCCS2. The Labute approximate surface area is 134 Å². The number of hydrogen-bond acceptors (Lipinski definition) is 3. The van der Waals surface area contributed by atoms with Crippen molar-refractivity contribution in [2.45, 2.75) is 29.7 Å². The molecule has 1 aromatic carbocycles. The van der Waals surface area contributed by atoms with Gasteiger partial charge in [0, 0.05) is 36.5 Å². The Hall–Kier alpha value is -1.62. The number of hydrogen-bond donors (Lipinski definition) is 1. The second-order valence-electron chi connectivity index (χ2n) is 6.25. The molecule has 1 amide bonds. The van der Waals surface area contributed by atoms with E-state index >= 15 is 0 Å². The van der Waals surface area contributed by atoms with Crippen molar-refractivity contribution in [1.82, 2.24) is 4.90 Å². The zero-order valence-corrected chi connectivity index (χ0v) is 13.3. The Morgan fingerprint density at radius 3 is 3.05 bits per heavy atom. The van der Waals surface area contributed by atoms with Gasteiger partial charge in [0.05, 0.1) is 5.69 Å². The zero-order chi connectivity index (χ0) is 15.3. The summed E-state index contributed by atoms with van der Waals surface area (Å²) in [5.41, 5.74) is 3.85. The Bertz CT molecular complexity index is 646. The fraction of sp³-hybridized carbons (Fsp3) is 0.471. The summed E-state index contributed by atoms with van der Waals surface area (Å²) in [6.45, 7) is 6.27.